The second kappa shape index (κ2) is 8.78. The van der Waals surface area contributed by atoms with Crippen molar-refractivity contribution in [3.63, 3.8) is 0 Å². The second-order valence-corrected chi connectivity index (χ2v) is 9.57. The van der Waals surface area contributed by atoms with E-state index in [2.05, 4.69) is 0 Å². The lowest BCUT2D eigenvalue weighted by Crippen LogP contribution is -2.43. The van der Waals surface area contributed by atoms with Crippen LogP contribution in [-0.4, -0.2) is 44.1 Å². The Morgan fingerprint density at radius 1 is 1.03 bits per heavy atom. The van der Waals surface area contributed by atoms with Crippen LogP contribution >= 0.6 is 0 Å². The molecule has 5 nitrogen and oxygen atoms in total. The van der Waals surface area contributed by atoms with E-state index in [9.17, 15) is 35.2 Å². The first-order valence-corrected chi connectivity index (χ1v) is 11.2. The average Bonchev–Trinajstić information content (AvgIpc) is 2.69. The molecule has 1 saturated heterocycles. The molecule has 3 rings (SSSR count). The highest BCUT2D eigenvalue weighted by Crippen LogP contribution is 2.40. The molecule has 1 aliphatic heterocycles. The van der Waals surface area contributed by atoms with Crippen LogP contribution in [0.4, 0.5) is 22.0 Å². The molecule has 1 saturated carbocycles. The number of esters is 1. The molecule has 1 aromatic carbocycles. The maximum Gasteiger partial charge on any atom is 0.395 e. The van der Waals surface area contributed by atoms with Gasteiger partial charge in [-0.3, -0.25) is 4.79 Å². The van der Waals surface area contributed by atoms with Crippen molar-refractivity contribution in [3.05, 3.63) is 29.8 Å². The molecule has 2 atom stereocenters. The van der Waals surface area contributed by atoms with Gasteiger partial charge in [-0.2, -0.15) is 17.5 Å². The molecule has 0 bridgehead atoms. The van der Waals surface area contributed by atoms with Crippen LogP contribution in [0.3, 0.4) is 0 Å². The summed E-state index contributed by atoms with van der Waals surface area (Å²) in [5.41, 5.74) is 0. The fourth-order valence-corrected chi connectivity index (χ4v) is 5.55. The van der Waals surface area contributed by atoms with Crippen molar-refractivity contribution in [2.45, 2.75) is 55.7 Å². The van der Waals surface area contributed by atoms with E-state index < -0.39 is 56.6 Å². The van der Waals surface area contributed by atoms with Crippen LogP contribution in [0.5, 0.6) is 0 Å². The normalized spacial score (nSPS) is 24.6. The first-order valence-electron chi connectivity index (χ1n) is 9.72. The maximum absolute atomic E-state index is 13.9. The Kier molecular flexibility index (Phi) is 6.71. The lowest BCUT2D eigenvalue weighted by Gasteiger charge is -2.35. The first kappa shape index (κ1) is 22.9. The largest absolute Gasteiger partial charge is 0.462 e. The van der Waals surface area contributed by atoms with E-state index in [-0.39, 0.29) is 38.8 Å². The lowest BCUT2D eigenvalue weighted by molar-refractivity contribution is -0.217. The molecule has 168 valence electrons. The summed E-state index contributed by atoms with van der Waals surface area (Å²) in [4.78, 5) is 11.6. The SMILES string of the molecule is O=C(OC1CCCCC1C(F)(F)F)C1CCN(S(=O)(=O)c2cc(F)ccc2F)CC1. The zero-order valence-electron chi connectivity index (χ0n) is 16.0. The van der Waals surface area contributed by atoms with Gasteiger partial charge in [-0.25, -0.2) is 17.2 Å². The Hall–Kier alpha value is -1.75. The zero-order chi connectivity index (χ0) is 22.1. The fraction of sp³-hybridized carbons (Fsp3) is 0.632. The van der Waals surface area contributed by atoms with Crippen molar-refractivity contribution in [1.82, 2.24) is 4.31 Å². The molecule has 0 N–H and O–H groups in total. The number of nitrogens with zero attached hydrogens (tertiary/aromatic N) is 1. The molecule has 2 aliphatic rings. The van der Waals surface area contributed by atoms with E-state index in [0.717, 1.165) is 10.4 Å². The van der Waals surface area contributed by atoms with Gasteiger partial charge in [-0.15, -0.1) is 0 Å². The minimum atomic E-state index is -4.45. The quantitative estimate of drug-likeness (QED) is 0.508. The van der Waals surface area contributed by atoms with Gasteiger partial charge >= 0.3 is 12.1 Å². The summed E-state index contributed by atoms with van der Waals surface area (Å²) < 4.78 is 98.0. The molecule has 0 amide bonds. The van der Waals surface area contributed by atoms with Gasteiger partial charge in [-0.05, 0) is 50.3 Å². The summed E-state index contributed by atoms with van der Waals surface area (Å²) in [7, 11) is -4.30. The molecule has 0 radical (unpaired) electrons. The van der Waals surface area contributed by atoms with Gasteiger partial charge in [0.2, 0.25) is 10.0 Å². The topological polar surface area (TPSA) is 63.7 Å². The third kappa shape index (κ3) is 4.93. The monoisotopic (exact) mass is 455 g/mol. The molecule has 2 fully saturated rings. The first-order chi connectivity index (χ1) is 14.0. The molecule has 1 heterocycles. The number of ether oxygens (including phenoxy) is 1. The molecule has 0 aromatic heterocycles. The zero-order valence-corrected chi connectivity index (χ0v) is 16.8. The minimum Gasteiger partial charge on any atom is -0.462 e. The molecule has 30 heavy (non-hydrogen) atoms. The van der Waals surface area contributed by atoms with E-state index in [0.29, 0.717) is 25.0 Å². The van der Waals surface area contributed by atoms with Crippen LogP contribution in [-0.2, 0) is 19.6 Å². The number of rotatable bonds is 4. The molecular formula is C19H22F5NO4S. The van der Waals surface area contributed by atoms with E-state index in [4.69, 9.17) is 4.74 Å². The summed E-state index contributed by atoms with van der Waals surface area (Å²) in [6.45, 7) is -0.295. The van der Waals surface area contributed by atoms with Gasteiger partial charge in [-0.1, -0.05) is 6.42 Å². The van der Waals surface area contributed by atoms with Gasteiger partial charge in [0.05, 0.1) is 11.8 Å². The van der Waals surface area contributed by atoms with Crippen molar-refractivity contribution in [2.75, 3.05) is 13.1 Å². The number of hydrogen-bond donors (Lipinski definition) is 0. The standard InChI is InChI=1S/C19H22F5NO4S/c20-13-5-6-15(21)17(11-13)30(27,28)25-9-7-12(8-10-25)18(26)29-16-4-2-1-3-14(16)19(22,23)24/h5-6,11-12,14,16H,1-4,7-10H2. The number of carbonyl (C=O) groups is 1. The number of piperidine rings is 1. The summed E-state index contributed by atoms with van der Waals surface area (Å²) in [6.07, 6.45) is -4.60. The average molecular weight is 455 g/mol. The Bertz CT molecular complexity index is 881. The molecular weight excluding hydrogens is 433 g/mol. The molecule has 2 unspecified atom stereocenters. The molecule has 1 aliphatic carbocycles. The van der Waals surface area contributed by atoms with E-state index in [1.165, 1.54) is 0 Å². The van der Waals surface area contributed by atoms with E-state index in [1.54, 1.807) is 0 Å². The second-order valence-electron chi connectivity index (χ2n) is 7.66. The highest BCUT2D eigenvalue weighted by Gasteiger charge is 2.48. The van der Waals surface area contributed by atoms with Gasteiger partial charge < -0.3 is 4.74 Å². The van der Waals surface area contributed by atoms with Gasteiger partial charge in [0.1, 0.15) is 22.6 Å². The maximum atomic E-state index is 13.9. The number of sulfonamides is 1. The summed E-state index contributed by atoms with van der Waals surface area (Å²) in [5.74, 6) is -5.20. The number of alkyl halides is 3. The van der Waals surface area contributed by atoms with Crippen LogP contribution in [0.15, 0.2) is 23.1 Å². The van der Waals surface area contributed by atoms with E-state index >= 15 is 0 Å². The van der Waals surface area contributed by atoms with Crippen LogP contribution in [0, 0.1) is 23.5 Å². The van der Waals surface area contributed by atoms with Crippen molar-refractivity contribution in [3.8, 4) is 0 Å². The smallest absolute Gasteiger partial charge is 0.395 e. The Morgan fingerprint density at radius 2 is 1.67 bits per heavy atom. The van der Waals surface area contributed by atoms with Gasteiger partial charge in [0.15, 0.2) is 0 Å². The van der Waals surface area contributed by atoms with Crippen LogP contribution in [0.25, 0.3) is 0 Å². The van der Waals surface area contributed by atoms with Crippen LogP contribution in [0.1, 0.15) is 38.5 Å². The molecule has 11 heteroatoms. The lowest BCUT2D eigenvalue weighted by atomic mass is 9.85. The fourth-order valence-electron chi connectivity index (χ4n) is 4.00. The minimum absolute atomic E-state index is 0.0262. The Labute approximate surface area is 171 Å². The Morgan fingerprint density at radius 3 is 2.30 bits per heavy atom. The van der Waals surface area contributed by atoms with Crippen LogP contribution in [0.2, 0.25) is 0 Å². The third-order valence-corrected chi connectivity index (χ3v) is 7.60. The Balaban J connectivity index is 1.62. The predicted octanol–water partition coefficient (Wildman–Crippen LogP) is 4.03. The summed E-state index contributed by atoms with van der Waals surface area (Å²) >= 11 is 0. The van der Waals surface area contributed by atoms with Crippen molar-refractivity contribution in [1.29, 1.82) is 0 Å². The van der Waals surface area contributed by atoms with Crippen molar-refractivity contribution < 1.29 is 39.9 Å². The number of hydrogen-bond acceptors (Lipinski definition) is 4. The highest BCUT2D eigenvalue weighted by atomic mass is 32.2. The molecule has 0 spiro atoms. The van der Waals surface area contributed by atoms with Crippen molar-refractivity contribution in [2.24, 2.45) is 11.8 Å². The van der Waals surface area contributed by atoms with Crippen LogP contribution < -0.4 is 0 Å². The predicted molar refractivity (Wildman–Crippen MR) is 95.7 cm³/mol. The van der Waals surface area contributed by atoms with Gasteiger partial charge in [0, 0.05) is 13.1 Å². The van der Waals surface area contributed by atoms with E-state index in [1.807, 2.05) is 0 Å². The van der Waals surface area contributed by atoms with Gasteiger partial charge in [0.25, 0.3) is 0 Å². The molecule has 1 aromatic rings. The third-order valence-electron chi connectivity index (χ3n) is 5.69. The van der Waals surface area contributed by atoms with Crippen molar-refractivity contribution >= 4 is 16.0 Å². The summed E-state index contributed by atoms with van der Waals surface area (Å²) in [5, 5.41) is 0. The number of carbonyl (C=O) groups excluding carboxylic acids is 1. The summed E-state index contributed by atoms with van der Waals surface area (Å²) in [6, 6.07) is 2.11. The number of benzene rings is 1. The number of halogens is 5. The highest BCUT2D eigenvalue weighted by molar-refractivity contribution is 7.89.